The van der Waals surface area contributed by atoms with Crippen molar-refractivity contribution in [2.24, 2.45) is 0 Å². The second-order valence-electron chi connectivity index (χ2n) is 7.15. The largest absolute Gasteiger partial charge is 0.391 e. The number of nitrogens with zero attached hydrogens (tertiary/aromatic N) is 4. The molecule has 7 nitrogen and oxygen atoms in total. The van der Waals surface area contributed by atoms with Crippen molar-refractivity contribution in [1.82, 2.24) is 20.3 Å². The van der Waals surface area contributed by atoms with Crippen LogP contribution in [0.1, 0.15) is 36.4 Å². The van der Waals surface area contributed by atoms with Gasteiger partial charge in [-0.25, -0.2) is 9.97 Å². The first-order valence-electron chi connectivity index (χ1n) is 9.10. The Labute approximate surface area is 152 Å². The van der Waals surface area contributed by atoms with E-state index in [4.69, 9.17) is 0 Å². The Morgan fingerprint density at radius 3 is 2.81 bits per heavy atom. The van der Waals surface area contributed by atoms with Crippen molar-refractivity contribution in [1.29, 1.82) is 0 Å². The number of carbonyl (C=O) groups is 1. The highest BCUT2D eigenvalue weighted by Gasteiger charge is 2.33. The number of hydrogen-bond acceptors (Lipinski definition) is 6. The Bertz CT molecular complexity index is 764. The lowest BCUT2D eigenvalue weighted by atomic mass is 9.78. The molecule has 1 saturated heterocycles. The minimum Gasteiger partial charge on any atom is -0.391 e. The molecule has 0 spiro atoms. The second kappa shape index (κ2) is 7.37. The summed E-state index contributed by atoms with van der Waals surface area (Å²) in [6, 6.07) is 5.96. The Morgan fingerprint density at radius 2 is 2.08 bits per heavy atom. The summed E-state index contributed by atoms with van der Waals surface area (Å²) in [6.45, 7) is 1.46. The smallest absolute Gasteiger partial charge is 0.224 e. The zero-order valence-electron chi connectivity index (χ0n) is 14.6. The number of aliphatic hydroxyl groups excluding tert-OH is 1. The number of β-amino-alcohol motifs (C(OH)–C–C–N with tert-alkyl or cyclic N) is 1. The number of aliphatic hydroxyl groups is 1. The molecule has 2 aromatic rings. The average Bonchev–Trinajstić information content (AvgIpc) is 3.05. The molecule has 1 aliphatic carbocycles. The molecule has 3 heterocycles. The highest BCUT2D eigenvalue weighted by molar-refractivity contribution is 5.78. The first kappa shape index (κ1) is 16.9. The Balaban J connectivity index is 1.29. The van der Waals surface area contributed by atoms with E-state index in [1.54, 1.807) is 18.7 Å². The predicted molar refractivity (Wildman–Crippen MR) is 96.7 cm³/mol. The quantitative estimate of drug-likeness (QED) is 0.835. The molecule has 4 rings (SSSR count). The van der Waals surface area contributed by atoms with Crippen molar-refractivity contribution in [2.75, 3.05) is 18.0 Å². The van der Waals surface area contributed by atoms with Crippen molar-refractivity contribution in [2.45, 2.75) is 43.7 Å². The zero-order valence-corrected chi connectivity index (χ0v) is 14.6. The van der Waals surface area contributed by atoms with Gasteiger partial charge in [-0.1, -0.05) is 0 Å². The molecular weight excluding hydrogens is 330 g/mol. The van der Waals surface area contributed by atoms with E-state index in [1.807, 2.05) is 18.2 Å². The molecule has 0 radical (unpaired) electrons. The first-order valence-corrected chi connectivity index (χ1v) is 9.10. The number of rotatable bonds is 5. The Kier molecular flexibility index (Phi) is 4.79. The van der Waals surface area contributed by atoms with Crippen LogP contribution in [0.3, 0.4) is 0 Å². The third kappa shape index (κ3) is 3.83. The van der Waals surface area contributed by atoms with Crippen LogP contribution in [0, 0.1) is 0 Å². The van der Waals surface area contributed by atoms with Gasteiger partial charge in [-0.3, -0.25) is 9.78 Å². The molecule has 2 aliphatic rings. The number of carbonyl (C=O) groups excluding carboxylic acids is 1. The normalized spacial score (nSPS) is 25.0. The van der Waals surface area contributed by atoms with Crippen LogP contribution >= 0.6 is 0 Å². The topological polar surface area (TPSA) is 91.2 Å². The minimum atomic E-state index is -0.267. The highest BCUT2D eigenvalue weighted by atomic mass is 16.3. The van der Waals surface area contributed by atoms with E-state index >= 15 is 0 Å². The van der Waals surface area contributed by atoms with Gasteiger partial charge in [0.05, 0.1) is 12.5 Å². The molecule has 0 bridgehead atoms. The van der Waals surface area contributed by atoms with E-state index in [1.165, 1.54) is 0 Å². The average molecular weight is 353 g/mol. The summed E-state index contributed by atoms with van der Waals surface area (Å²) < 4.78 is 0. The summed E-state index contributed by atoms with van der Waals surface area (Å²) in [4.78, 5) is 26.9. The Morgan fingerprint density at radius 1 is 1.27 bits per heavy atom. The van der Waals surface area contributed by atoms with Gasteiger partial charge in [0.2, 0.25) is 5.91 Å². The van der Waals surface area contributed by atoms with Crippen LogP contribution in [-0.2, 0) is 11.2 Å². The van der Waals surface area contributed by atoms with Crippen LogP contribution in [0.4, 0.5) is 5.82 Å². The summed E-state index contributed by atoms with van der Waals surface area (Å²) in [5.74, 6) is 1.29. The van der Waals surface area contributed by atoms with Crippen molar-refractivity contribution >= 4 is 11.7 Å². The maximum Gasteiger partial charge on any atom is 0.224 e. The van der Waals surface area contributed by atoms with Gasteiger partial charge < -0.3 is 15.3 Å². The number of pyridine rings is 1. The molecule has 1 aliphatic heterocycles. The minimum absolute atomic E-state index is 0.0501. The number of hydrogen-bond donors (Lipinski definition) is 2. The molecule has 0 unspecified atom stereocenters. The molecule has 1 saturated carbocycles. The van der Waals surface area contributed by atoms with E-state index in [0.717, 1.165) is 42.9 Å². The fourth-order valence-electron chi connectivity index (χ4n) is 3.65. The van der Waals surface area contributed by atoms with Gasteiger partial charge in [0.15, 0.2) is 0 Å². The zero-order chi connectivity index (χ0) is 17.9. The monoisotopic (exact) mass is 353 g/mol. The molecule has 2 fully saturated rings. The van der Waals surface area contributed by atoms with Crippen LogP contribution in [0.5, 0.6) is 0 Å². The van der Waals surface area contributed by atoms with E-state index in [2.05, 4.69) is 25.2 Å². The summed E-state index contributed by atoms with van der Waals surface area (Å²) in [5, 5.41) is 12.8. The SMILES string of the molecule is O=C(Cc1ccncc1)NC1CC(c2cc(N3CC[C@H](O)C3)ncn2)C1. The van der Waals surface area contributed by atoms with Gasteiger partial charge in [-0.05, 0) is 37.0 Å². The summed E-state index contributed by atoms with van der Waals surface area (Å²) in [7, 11) is 0. The summed E-state index contributed by atoms with van der Waals surface area (Å²) >= 11 is 0. The van der Waals surface area contributed by atoms with Crippen LogP contribution in [0.2, 0.25) is 0 Å². The maximum absolute atomic E-state index is 12.1. The fraction of sp³-hybridized carbons (Fsp3) is 0.474. The summed E-state index contributed by atoms with van der Waals surface area (Å²) in [6.07, 6.45) is 7.72. The number of aromatic nitrogens is 3. The van der Waals surface area contributed by atoms with E-state index in [-0.39, 0.29) is 18.1 Å². The van der Waals surface area contributed by atoms with Crippen molar-refractivity contribution in [3.05, 3.63) is 48.2 Å². The van der Waals surface area contributed by atoms with Gasteiger partial charge in [0, 0.05) is 49.2 Å². The summed E-state index contributed by atoms with van der Waals surface area (Å²) in [5.41, 5.74) is 2.00. The predicted octanol–water partition coefficient (Wildman–Crippen LogP) is 1.05. The van der Waals surface area contributed by atoms with E-state index in [9.17, 15) is 9.90 Å². The van der Waals surface area contributed by atoms with Crippen molar-refractivity contribution in [3.8, 4) is 0 Å². The van der Waals surface area contributed by atoms with Gasteiger partial charge in [0.25, 0.3) is 0 Å². The number of anilines is 1. The number of nitrogens with one attached hydrogen (secondary N) is 1. The van der Waals surface area contributed by atoms with Crippen LogP contribution in [0.15, 0.2) is 36.9 Å². The van der Waals surface area contributed by atoms with Gasteiger partial charge in [-0.15, -0.1) is 0 Å². The van der Waals surface area contributed by atoms with Gasteiger partial charge >= 0.3 is 0 Å². The third-order valence-corrected chi connectivity index (χ3v) is 5.20. The number of amides is 1. The van der Waals surface area contributed by atoms with Crippen LogP contribution in [0.25, 0.3) is 0 Å². The van der Waals surface area contributed by atoms with Crippen LogP contribution in [-0.4, -0.2) is 51.2 Å². The maximum atomic E-state index is 12.1. The van der Waals surface area contributed by atoms with Gasteiger partial charge in [-0.2, -0.15) is 0 Å². The molecule has 136 valence electrons. The van der Waals surface area contributed by atoms with E-state index < -0.39 is 0 Å². The fourth-order valence-corrected chi connectivity index (χ4v) is 3.65. The Hall–Kier alpha value is -2.54. The lowest BCUT2D eigenvalue weighted by Crippen LogP contribution is -2.44. The molecule has 26 heavy (non-hydrogen) atoms. The van der Waals surface area contributed by atoms with Crippen molar-refractivity contribution < 1.29 is 9.90 Å². The van der Waals surface area contributed by atoms with Crippen LogP contribution < -0.4 is 10.2 Å². The third-order valence-electron chi connectivity index (χ3n) is 5.20. The molecule has 1 atom stereocenters. The molecule has 2 aromatic heterocycles. The van der Waals surface area contributed by atoms with Gasteiger partial charge in [0.1, 0.15) is 12.1 Å². The van der Waals surface area contributed by atoms with E-state index in [0.29, 0.717) is 18.9 Å². The standard InChI is InChI=1S/C19H23N5O2/c25-16-3-6-24(11-16)18-10-17(21-12-22-18)14-8-15(9-14)23-19(26)7-13-1-4-20-5-2-13/h1-2,4-5,10,12,14-16,25H,3,6-9,11H2,(H,23,26)/t14?,15?,16-/m0/s1. The molecular formula is C19H23N5O2. The molecule has 7 heteroatoms. The lowest BCUT2D eigenvalue weighted by molar-refractivity contribution is -0.121. The highest BCUT2D eigenvalue weighted by Crippen LogP contribution is 2.36. The second-order valence-corrected chi connectivity index (χ2v) is 7.15. The molecule has 2 N–H and O–H groups in total. The van der Waals surface area contributed by atoms with Crippen molar-refractivity contribution in [3.63, 3.8) is 0 Å². The molecule has 0 aromatic carbocycles. The molecule has 1 amide bonds. The lowest BCUT2D eigenvalue weighted by Gasteiger charge is -2.35. The first-order chi connectivity index (χ1) is 12.7.